The highest BCUT2D eigenvalue weighted by Gasteiger charge is 1.95. The molecule has 0 rings (SSSR count). The molecule has 0 radical (unpaired) electrons. The van der Waals surface area contributed by atoms with Gasteiger partial charge in [0.2, 0.25) is 6.41 Å². The van der Waals surface area contributed by atoms with Gasteiger partial charge in [-0.3, -0.25) is 9.63 Å². The fourth-order valence-corrected chi connectivity index (χ4v) is 0.534. The normalized spacial score (nSPS) is 9.11. The van der Waals surface area contributed by atoms with Crippen molar-refractivity contribution in [2.75, 3.05) is 13.2 Å². The highest BCUT2D eigenvalue weighted by Crippen LogP contribution is 1.86. The number of rotatable bonds is 5. The molecule has 0 aliphatic carbocycles. The summed E-state index contributed by atoms with van der Waals surface area (Å²) in [5.74, 6) is 0. The molecule has 0 saturated carbocycles. The number of carbonyl (C=O) groups is 1. The maximum absolute atomic E-state index is 10.1. The fourth-order valence-electron chi connectivity index (χ4n) is 0.534. The van der Waals surface area contributed by atoms with Crippen LogP contribution in [0.3, 0.4) is 0 Å². The van der Waals surface area contributed by atoms with Crippen LogP contribution < -0.4 is 0 Å². The van der Waals surface area contributed by atoms with Gasteiger partial charge in [-0.2, -0.15) is 0 Å². The molecule has 0 aliphatic heterocycles. The quantitative estimate of drug-likeness (QED) is 0.408. The van der Waals surface area contributed by atoms with Gasteiger partial charge in [0.15, 0.2) is 0 Å². The van der Waals surface area contributed by atoms with Gasteiger partial charge in [-0.15, -0.1) is 0 Å². The zero-order valence-electron chi connectivity index (χ0n) is 5.96. The zero-order chi connectivity index (χ0) is 7.11. The van der Waals surface area contributed by atoms with E-state index in [1.54, 1.807) is 0 Å². The van der Waals surface area contributed by atoms with E-state index in [0.717, 1.165) is 6.42 Å². The Labute approximate surface area is 55.6 Å². The average Bonchev–Trinajstić information content (AvgIpc) is 1.88. The van der Waals surface area contributed by atoms with Crippen molar-refractivity contribution < 1.29 is 9.63 Å². The van der Waals surface area contributed by atoms with Gasteiger partial charge in [0.05, 0.1) is 6.61 Å². The lowest BCUT2D eigenvalue weighted by molar-refractivity contribution is -0.170. The molecule has 0 aromatic carbocycles. The first-order chi connectivity index (χ1) is 4.35. The van der Waals surface area contributed by atoms with Crippen LogP contribution in [-0.2, 0) is 9.63 Å². The monoisotopic (exact) mass is 131 g/mol. The van der Waals surface area contributed by atoms with Crippen LogP contribution in [-0.4, -0.2) is 24.6 Å². The molecule has 0 saturated heterocycles. The summed E-state index contributed by atoms with van der Waals surface area (Å²) >= 11 is 0. The van der Waals surface area contributed by atoms with Crippen molar-refractivity contribution in [2.24, 2.45) is 0 Å². The van der Waals surface area contributed by atoms with Gasteiger partial charge in [0.25, 0.3) is 0 Å². The Bertz CT molecular complexity index is 69.5. The molecule has 0 spiro atoms. The van der Waals surface area contributed by atoms with Gasteiger partial charge in [-0.1, -0.05) is 6.92 Å². The number of nitrogens with zero attached hydrogens (tertiary/aromatic N) is 1. The highest BCUT2D eigenvalue weighted by molar-refractivity contribution is 5.44. The molecule has 1 amide bonds. The van der Waals surface area contributed by atoms with Crippen molar-refractivity contribution >= 4 is 6.41 Å². The van der Waals surface area contributed by atoms with Crippen molar-refractivity contribution in [3.05, 3.63) is 0 Å². The molecule has 0 heterocycles. The maximum atomic E-state index is 10.1. The lowest BCUT2D eigenvalue weighted by Gasteiger charge is -2.13. The Kier molecular flexibility index (Phi) is 5.21. The number of hydrogen-bond acceptors (Lipinski definition) is 2. The van der Waals surface area contributed by atoms with Crippen molar-refractivity contribution in [3.63, 3.8) is 0 Å². The van der Waals surface area contributed by atoms with Crippen LogP contribution in [0, 0.1) is 0 Å². The van der Waals surface area contributed by atoms with E-state index >= 15 is 0 Å². The second-order valence-corrected chi connectivity index (χ2v) is 1.66. The lowest BCUT2D eigenvalue weighted by Crippen LogP contribution is -2.22. The molecule has 0 aromatic rings. The lowest BCUT2D eigenvalue weighted by atomic mass is 10.5. The summed E-state index contributed by atoms with van der Waals surface area (Å²) in [6.07, 6.45) is 1.63. The van der Waals surface area contributed by atoms with E-state index in [1.165, 1.54) is 5.06 Å². The second kappa shape index (κ2) is 5.56. The van der Waals surface area contributed by atoms with Crippen LogP contribution in [0.4, 0.5) is 0 Å². The predicted octanol–water partition coefficient (Wildman–Crippen LogP) is 0.806. The molecule has 3 nitrogen and oxygen atoms in total. The maximum Gasteiger partial charge on any atom is 0.233 e. The van der Waals surface area contributed by atoms with Crippen LogP contribution in [0.5, 0.6) is 0 Å². The molecule has 0 N–H and O–H groups in total. The summed E-state index contributed by atoms with van der Waals surface area (Å²) in [6, 6.07) is 0. The van der Waals surface area contributed by atoms with Crippen LogP contribution in [0.25, 0.3) is 0 Å². The summed E-state index contributed by atoms with van der Waals surface area (Å²) in [5, 5.41) is 1.31. The van der Waals surface area contributed by atoms with E-state index in [0.29, 0.717) is 19.6 Å². The van der Waals surface area contributed by atoms with Gasteiger partial charge in [0.1, 0.15) is 0 Å². The average molecular weight is 131 g/mol. The van der Waals surface area contributed by atoms with E-state index in [4.69, 9.17) is 4.84 Å². The molecule has 0 fully saturated rings. The second-order valence-electron chi connectivity index (χ2n) is 1.66. The Hall–Kier alpha value is -0.570. The molecule has 0 atom stereocenters. The minimum Gasteiger partial charge on any atom is -0.276 e. The summed E-state index contributed by atoms with van der Waals surface area (Å²) in [5.41, 5.74) is 0. The summed E-state index contributed by atoms with van der Waals surface area (Å²) in [4.78, 5) is 15.0. The van der Waals surface area contributed by atoms with E-state index in [1.807, 2.05) is 13.8 Å². The van der Waals surface area contributed by atoms with Gasteiger partial charge in [-0.05, 0) is 13.3 Å². The standard InChI is InChI=1S/C6H13NO2/c1-3-5-7(6-8)9-4-2/h6H,3-5H2,1-2H3. The summed E-state index contributed by atoms with van der Waals surface area (Å²) in [7, 11) is 0. The van der Waals surface area contributed by atoms with E-state index < -0.39 is 0 Å². The zero-order valence-corrected chi connectivity index (χ0v) is 5.96. The first-order valence-electron chi connectivity index (χ1n) is 3.20. The molecular weight excluding hydrogens is 118 g/mol. The van der Waals surface area contributed by atoms with Crippen molar-refractivity contribution in [2.45, 2.75) is 20.3 Å². The SMILES string of the molecule is CCCN(C=O)OCC. The molecule has 0 aromatic heterocycles. The Morgan fingerprint density at radius 2 is 2.22 bits per heavy atom. The van der Waals surface area contributed by atoms with E-state index in [-0.39, 0.29) is 0 Å². The smallest absolute Gasteiger partial charge is 0.233 e. The number of hydrogen-bond donors (Lipinski definition) is 0. The molecule has 3 heteroatoms. The van der Waals surface area contributed by atoms with E-state index in [2.05, 4.69) is 0 Å². The van der Waals surface area contributed by atoms with Crippen molar-refractivity contribution in [1.29, 1.82) is 0 Å². The van der Waals surface area contributed by atoms with Gasteiger partial charge >= 0.3 is 0 Å². The van der Waals surface area contributed by atoms with E-state index in [9.17, 15) is 4.79 Å². The van der Waals surface area contributed by atoms with Crippen LogP contribution in [0.1, 0.15) is 20.3 Å². The molecule has 0 bridgehead atoms. The van der Waals surface area contributed by atoms with Gasteiger partial charge in [-0.25, -0.2) is 5.06 Å². The molecule has 9 heavy (non-hydrogen) atoms. The number of hydroxylamine groups is 2. The minimum absolute atomic E-state index is 0.554. The Morgan fingerprint density at radius 1 is 1.56 bits per heavy atom. The summed E-state index contributed by atoms with van der Waals surface area (Å²) in [6.45, 7) is 5.08. The fraction of sp³-hybridized carbons (Fsp3) is 0.833. The minimum atomic E-state index is 0.554. The van der Waals surface area contributed by atoms with Gasteiger partial charge < -0.3 is 0 Å². The third-order valence-electron chi connectivity index (χ3n) is 0.856. The molecule has 0 unspecified atom stereocenters. The molecule has 54 valence electrons. The number of amides is 1. The first-order valence-corrected chi connectivity index (χ1v) is 3.20. The van der Waals surface area contributed by atoms with Crippen LogP contribution >= 0.6 is 0 Å². The largest absolute Gasteiger partial charge is 0.276 e. The van der Waals surface area contributed by atoms with Gasteiger partial charge in [0, 0.05) is 6.54 Å². The third kappa shape index (κ3) is 3.97. The Balaban J connectivity index is 3.29. The topological polar surface area (TPSA) is 29.5 Å². The van der Waals surface area contributed by atoms with Crippen molar-refractivity contribution in [3.8, 4) is 0 Å². The van der Waals surface area contributed by atoms with Crippen molar-refractivity contribution in [1.82, 2.24) is 5.06 Å². The first kappa shape index (κ1) is 8.43. The summed E-state index contributed by atoms with van der Waals surface area (Å²) < 4.78 is 0. The number of carbonyl (C=O) groups excluding carboxylic acids is 1. The van der Waals surface area contributed by atoms with Crippen LogP contribution in [0.2, 0.25) is 0 Å². The predicted molar refractivity (Wildman–Crippen MR) is 34.7 cm³/mol. The Morgan fingerprint density at radius 3 is 2.56 bits per heavy atom. The van der Waals surface area contributed by atoms with Crippen LogP contribution in [0.15, 0.2) is 0 Å². The third-order valence-corrected chi connectivity index (χ3v) is 0.856. The molecule has 0 aliphatic rings. The highest BCUT2D eigenvalue weighted by atomic mass is 16.7. The molecular formula is C6H13NO2.